The highest BCUT2D eigenvalue weighted by atomic mass is 35.5. The SMILES string of the molecule is COc1cc2ncnc(Nc3ccc(F)c(Cl)c3)c2cc1-c1ccc(C#CCCC(=O)NO)o1. The lowest BCUT2D eigenvalue weighted by atomic mass is 10.1. The number of benzene rings is 2. The van der Waals surface area contributed by atoms with Crippen molar-refractivity contribution in [1.29, 1.82) is 0 Å². The number of amides is 1. The van der Waals surface area contributed by atoms with Crippen molar-refractivity contribution in [3.63, 3.8) is 0 Å². The number of nitrogens with one attached hydrogen (secondary N) is 2. The van der Waals surface area contributed by atoms with E-state index < -0.39 is 11.7 Å². The molecule has 0 unspecified atom stereocenters. The number of hydrogen-bond acceptors (Lipinski definition) is 7. The average Bonchev–Trinajstić information content (AvgIpc) is 3.32. The minimum atomic E-state index is -0.514. The van der Waals surface area contributed by atoms with Crippen LogP contribution in [-0.2, 0) is 4.79 Å². The number of fused-ring (bicyclic) bond motifs is 1. The monoisotopic (exact) mass is 480 g/mol. The van der Waals surface area contributed by atoms with E-state index in [2.05, 4.69) is 27.1 Å². The van der Waals surface area contributed by atoms with Crippen LogP contribution >= 0.6 is 11.6 Å². The number of nitrogens with zero attached hydrogens (tertiary/aromatic N) is 2. The summed E-state index contributed by atoms with van der Waals surface area (Å²) in [5.74, 6) is 6.59. The molecular formula is C24H18ClFN4O4. The molecule has 0 saturated carbocycles. The summed E-state index contributed by atoms with van der Waals surface area (Å²) >= 11 is 5.90. The molecule has 2 aromatic carbocycles. The Morgan fingerprint density at radius 3 is 2.85 bits per heavy atom. The van der Waals surface area contributed by atoms with E-state index in [1.165, 1.54) is 18.5 Å². The zero-order chi connectivity index (χ0) is 24.1. The first-order valence-corrected chi connectivity index (χ1v) is 10.4. The number of methoxy groups -OCH3 is 1. The van der Waals surface area contributed by atoms with Gasteiger partial charge in [0.1, 0.15) is 29.5 Å². The van der Waals surface area contributed by atoms with E-state index in [4.69, 9.17) is 26.0 Å². The molecule has 2 heterocycles. The number of hydrogen-bond donors (Lipinski definition) is 3. The Morgan fingerprint density at radius 1 is 1.24 bits per heavy atom. The third-order valence-corrected chi connectivity index (χ3v) is 5.11. The Bertz CT molecular complexity index is 1430. The normalized spacial score (nSPS) is 10.5. The van der Waals surface area contributed by atoms with Gasteiger partial charge in [0, 0.05) is 30.0 Å². The third-order valence-electron chi connectivity index (χ3n) is 4.82. The minimum absolute atomic E-state index is 0.00747. The Balaban J connectivity index is 1.67. The van der Waals surface area contributed by atoms with Crippen LogP contribution in [0.1, 0.15) is 18.6 Å². The molecule has 10 heteroatoms. The van der Waals surface area contributed by atoms with Gasteiger partial charge in [0.15, 0.2) is 5.76 Å². The van der Waals surface area contributed by atoms with Crippen LogP contribution in [0.15, 0.2) is 53.2 Å². The number of halogens is 2. The smallest absolute Gasteiger partial charge is 0.244 e. The summed E-state index contributed by atoms with van der Waals surface area (Å²) in [6, 6.07) is 11.3. The first kappa shape index (κ1) is 23.0. The van der Waals surface area contributed by atoms with Gasteiger partial charge in [-0.25, -0.2) is 19.8 Å². The molecule has 0 aliphatic heterocycles. The molecule has 0 radical (unpaired) electrons. The van der Waals surface area contributed by atoms with Crippen molar-refractivity contribution in [2.75, 3.05) is 12.4 Å². The quantitative estimate of drug-likeness (QED) is 0.201. The van der Waals surface area contributed by atoms with Crippen LogP contribution in [-0.4, -0.2) is 28.2 Å². The molecule has 2 aromatic heterocycles. The fourth-order valence-electron chi connectivity index (χ4n) is 3.19. The summed E-state index contributed by atoms with van der Waals surface area (Å²) in [6.07, 6.45) is 1.75. The topological polar surface area (TPSA) is 110 Å². The maximum absolute atomic E-state index is 13.5. The highest BCUT2D eigenvalue weighted by molar-refractivity contribution is 6.31. The van der Waals surface area contributed by atoms with Gasteiger partial charge in [-0.1, -0.05) is 17.5 Å². The molecule has 0 bridgehead atoms. The summed E-state index contributed by atoms with van der Waals surface area (Å²) in [5.41, 5.74) is 3.40. The predicted molar refractivity (Wildman–Crippen MR) is 125 cm³/mol. The van der Waals surface area contributed by atoms with Gasteiger partial charge in [-0.3, -0.25) is 10.0 Å². The molecule has 4 rings (SSSR count). The van der Waals surface area contributed by atoms with Gasteiger partial charge in [0.2, 0.25) is 5.91 Å². The van der Waals surface area contributed by atoms with E-state index in [0.29, 0.717) is 45.2 Å². The highest BCUT2D eigenvalue weighted by Gasteiger charge is 2.15. The molecule has 0 aliphatic rings. The van der Waals surface area contributed by atoms with E-state index in [9.17, 15) is 9.18 Å². The molecule has 0 aliphatic carbocycles. The van der Waals surface area contributed by atoms with Crippen LogP contribution in [0, 0.1) is 17.7 Å². The van der Waals surface area contributed by atoms with Gasteiger partial charge in [0.25, 0.3) is 0 Å². The molecule has 172 valence electrons. The standard InChI is InChI=1S/C24H18ClFN4O4/c1-33-22-12-20-16(24(28-13-27-20)29-14-6-8-19(26)18(25)10-14)11-17(22)21-9-7-15(34-21)4-2-3-5-23(31)30-32/h6-13,32H,3,5H2,1H3,(H,30,31)(H,27,28,29). The molecular weight excluding hydrogens is 463 g/mol. The van der Waals surface area contributed by atoms with Crippen LogP contribution in [0.4, 0.5) is 15.9 Å². The van der Waals surface area contributed by atoms with Gasteiger partial charge >= 0.3 is 0 Å². The summed E-state index contributed by atoms with van der Waals surface area (Å²) < 4.78 is 24.9. The maximum Gasteiger partial charge on any atom is 0.244 e. The van der Waals surface area contributed by atoms with Crippen LogP contribution in [0.2, 0.25) is 5.02 Å². The van der Waals surface area contributed by atoms with Crippen molar-refractivity contribution >= 4 is 39.9 Å². The Hall–Kier alpha value is -4.13. The zero-order valence-electron chi connectivity index (χ0n) is 17.9. The van der Waals surface area contributed by atoms with E-state index in [1.54, 1.807) is 36.9 Å². The second-order valence-electron chi connectivity index (χ2n) is 7.05. The average molecular weight is 481 g/mol. The first-order valence-electron chi connectivity index (χ1n) is 10.1. The number of anilines is 2. The molecule has 3 N–H and O–H groups in total. The summed E-state index contributed by atoms with van der Waals surface area (Å²) in [4.78, 5) is 19.7. The molecule has 0 saturated heterocycles. The molecule has 8 nitrogen and oxygen atoms in total. The molecule has 1 amide bonds. The minimum Gasteiger partial charge on any atom is -0.496 e. The van der Waals surface area contributed by atoms with Gasteiger partial charge in [-0.05, 0) is 42.3 Å². The number of furan rings is 1. The van der Waals surface area contributed by atoms with Crippen LogP contribution < -0.4 is 15.5 Å². The largest absolute Gasteiger partial charge is 0.496 e. The van der Waals surface area contributed by atoms with Gasteiger partial charge < -0.3 is 14.5 Å². The molecule has 34 heavy (non-hydrogen) atoms. The van der Waals surface area contributed by atoms with Crippen LogP contribution in [0.3, 0.4) is 0 Å². The van der Waals surface area contributed by atoms with Crippen molar-refractivity contribution in [3.05, 3.63) is 65.4 Å². The van der Waals surface area contributed by atoms with Gasteiger partial charge in [-0.15, -0.1) is 0 Å². The Kier molecular flexibility index (Phi) is 6.92. The van der Waals surface area contributed by atoms with Crippen molar-refractivity contribution in [2.45, 2.75) is 12.8 Å². The van der Waals surface area contributed by atoms with E-state index in [-0.39, 0.29) is 17.9 Å². The molecule has 4 aromatic rings. The van der Waals surface area contributed by atoms with E-state index >= 15 is 0 Å². The predicted octanol–water partition coefficient (Wildman–Crippen LogP) is 5.07. The van der Waals surface area contributed by atoms with Crippen molar-refractivity contribution in [2.24, 2.45) is 0 Å². The van der Waals surface area contributed by atoms with Gasteiger partial charge in [-0.2, -0.15) is 0 Å². The fraction of sp³-hybridized carbons (Fsp3) is 0.125. The third kappa shape index (κ3) is 5.09. The van der Waals surface area contributed by atoms with E-state index in [1.807, 2.05) is 6.07 Å². The van der Waals surface area contributed by atoms with E-state index in [0.717, 1.165) is 0 Å². The second kappa shape index (κ2) is 10.2. The number of carbonyl (C=O) groups excluding carboxylic acids is 1. The number of rotatable bonds is 6. The summed E-state index contributed by atoms with van der Waals surface area (Å²) in [5, 5.41) is 12.3. The van der Waals surface area contributed by atoms with Crippen molar-refractivity contribution < 1.29 is 23.5 Å². The molecule has 0 atom stereocenters. The molecule has 0 fully saturated rings. The van der Waals surface area contributed by atoms with Crippen molar-refractivity contribution in [3.8, 4) is 28.9 Å². The lowest BCUT2D eigenvalue weighted by Gasteiger charge is -2.12. The highest BCUT2D eigenvalue weighted by Crippen LogP contribution is 2.37. The lowest BCUT2D eigenvalue weighted by Crippen LogP contribution is -2.17. The fourth-order valence-corrected chi connectivity index (χ4v) is 3.37. The number of ether oxygens (including phenoxy) is 1. The van der Waals surface area contributed by atoms with Gasteiger partial charge in [0.05, 0.1) is 23.2 Å². The number of hydroxylamine groups is 1. The van der Waals surface area contributed by atoms with Crippen molar-refractivity contribution in [1.82, 2.24) is 15.4 Å². The number of carbonyl (C=O) groups is 1. The summed E-state index contributed by atoms with van der Waals surface area (Å²) in [7, 11) is 1.54. The molecule has 0 spiro atoms. The van der Waals surface area contributed by atoms with Crippen LogP contribution in [0.5, 0.6) is 5.75 Å². The van der Waals surface area contributed by atoms with Crippen LogP contribution in [0.25, 0.3) is 22.2 Å². The lowest BCUT2D eigenvalue weighted by molar-refractivity contribution is -0.129. The number of aromatic nitrogens is 2. The summed E-state index contributed by atoms with van der Waals surface area (Å²) in [6.45, 7) is 0. The second-order valence-corrected chi connectivity index (χ2v) is 7.45. The maximum atomic E-state index is 13.5. The first-order chi connectivity index (χ1) is 16.5. The Labute approximate surface area is 198 Å². The zero-order valence-corrected chi connectivity index (χ0v) is 18.6. The Morgan fingerprint density at radius 2 is 2.09 bits per heavy atom.